The molecule has 2 N–H and O–H groups in total. The zero-order valence-corrected chi connectivity index (χ0v) is 15.8. The van der Waals surface area contributed by atoms with Gasteiger partial charge in [-0.2, -0.15) is 0 Å². The maximum Gasteiger partial charge on any atom is 0.0205 e. The zero-order chi connectivity index (χ0) is 17.5. The van der Waals surface area contributed by atoms with Crippen LogP contribution in [-0.4, -0.2) is 13.1 Å². The highest BCUT2D eigenvalue weighted by Crippen LogP contribution is 2.37. The standard InChI is InChI=1S/C23H32N2/c1-3-5-11-24-16-18-7-9-22-20(13-18)15-21-14-19(8-10-23(21)22)17-25-12-6-4-2/h7-10,13-14,24-25H,3-6,11-12,15-17H2,1-2H3. The molecule has 2 nitrogen and oxygen atoms in total. The van der Waals surface area contributed by atoms with Gasteiger partial charge in [-0.15, -0.1) is 0 Å². The van der Waals surface area contributed by atoms with Crippen LogP contribution in [0.2, 0.25) is 0 Å². The molecule has 0 aliphatic heterocycles. The summed E-state index contributed by atoms with van der Waals surface area (Å²) >= 11 is 0. The molecular weight excluding hydrogens is 304 g/mol. The van der Waals surface area contributed by atoms with Crippen molar-refractivity contribution in [3.05, 3.63) is 58.7 Å². The van der Waals surface area contributed by atoms with Gasteiger partial charge in [0.25, 0.3) is 0 Å². The van der Waals surface area contributed by atoms with Crippen molar-refractivity contribution in [2.24, 2.45) is 0 Å². The van der Waals surface area contributed by atoms with Crippen LogP contribution >= 0.6 is 0 Å². The molecule has 1 aliphatic rings. The Labute approximate surface area is 153 Å². The molecule has 2 aromatic rings. The van der Waals surface area contributed by atoms with E-state index in [2.05, 4.69) is 60.9 Å². The topological polar surface area (TPSA) is 24.1 Å². The zero-order valence-electron chi connectivity index (χ0n) is 15.8. The van der Waals surface area contributed by atoms with Crippen molar-refractivity contribution < 1.29 is 0 Å². The monoisotopic (exact) mass is 336 g/mol. The Morgan fingerprint density at radius 2 is 1.20 bits per heavy atom. The molecule has 0 unspecified atom stereocenters. The number of hydrogen-bond acceptors (Lipinski definition) is 2. The summed E-state index contributed by atoms with van der Waals surface area (Å²) in [6.07, 6.45) is 6.09. The summed E-state index contributed by atoms with van der Waals surface area (Å²) in [6, 6.07) is 14.0. The first-order valence-corrected chi connectivity index (χ1v) is 9.97. The molecule has 0 atom stereocenters. The highest BCUT2D eigenvalue weighted by molar-refractivity contribution is 5.77. The Morgan fingerprint density at radius 1 is 0.720 bits per heavy atom. The number of rotatable bonds is 10. The van der Waals surface area contributed by atoms with Crippen molar-refractivity contribution in [1.29, 1.82) is 0 Å². The largest absolute Gasteiger partial charge is 0.313 e. The lowest BCUT2D eigenvalue weighted by Crippen LogP contribution is -2.14. The van der Waals surface area contributed by atoms with E-state index in [1.165, 1.54) is 59.1 Å². The third-order valence-electron chi connectivity index (χ3n) is 5.08. The smallest absolute Gasteiger partial charge is 0.0205 e. The number of unbranched alkanes of at least 4 members (excludes halogenated alkanes) is 2. The second-order valence-corrected chi connectivity index (χ2v) is 7.22. The fourth-order valence-electron chi connectivity index (χ4n) is 3.61. The molecule has 2 heteroatoms. The maximum atomic E-state index is 3.55. The fraction of sp³-hybridized carbons (Fsp3) is 0.478. The highest BCUT2D eigenvalue weighted by Gasteiger charge is 2.18. The molecule has 0 spiro atoms. The van der Waals surface area contributed by atoms with E-state index in [1.807, 2.05) is 0 Å². The van der Waals surface area contributed by atoms with E-state index >= 15 is 0 Å². The molecule has 0 saturated carbocycles. The van der Waals surface area contributed by atoms with Crippen LogP contribution in [0.1, 0.15) is 61.8 Å². The van der Waals surface area contributed by atoms with E-state index in [1.54, 1.807) is 0 Å². The van der Waals surface area contributed by atoms with Crippen molar-refractivity contribution in [3.8, 4) is 11.1 Å². The first-order chi connectivity index (χ1) is 12.3. The molecule has 0 radical (unpaired) electrons. The lowest BCUT2D eigenvalue weighted by Gasteiger charge is -2.08. The molecule has 0 heterocycles. The van der Waals surface area contributed by atoms with E-state index in [0.29, 0.717) is 0 Å². The Balaban J connectivity index is 1.63. The van der Waals surface area contributed by atoms with Crippen molar-refractivity contribution >= 4 is 0 Å². The average molecular weight is 337 g/mol. The number of benzene rings is 2. The Morgan fingerprint density at radius 3 is 1.64 bits per heavy atom. The van der Waals surface area contributed by atoms with Gasteiger partial charge in [-0.3, -0.25) is 0 Å². The third-order valence-corrected chi connectivity index (χ3v) is 5.08. The maximum absolute atomic E-state index is 3.55. The molecule has 25 heavy (non-hydrogen) atoms. The minimum Gasteiger partial charge on any atom is -0.313 e. The first kappa shape index (κ1) is 18.2. The van der Waals surface area contributed by atoms with Crippen molar-refractivity contribution in [1.82, 2.24) is 10.6 Å². The van der Waals surface area contributed by atoms with Gasteiger partial charge < -0.3 is 10.6 Å². The van der Waals surface area contributed by atoms with Gasteiger partial charge in [-0.25, -0.2) is 0 Å². The summed E-state index contributed by atoms with van der Waals surface area (Å²) < 4.78 is 0. The van der Waals surface area contributed by atoms with Gasteiger partial charge in [0.05, 0.1) is 0 Å². The Bertz CT molecular complexity index is 631. The van der Waals surface area contributed by atoms with Gasteiger partial charge in [0.2, 0.25) is 0 Å². The lowest BCUT2D eigenvalue weighted by molar-refractivity contribution is 0.641. The van der Waals surface area contributed by atoms with Gasteiger partial charge >= 0.3 is 0 Å². The normalized spacial score (nSPS) is 12.2. The quantitative estimate of drug-likeness (QED) is 0.507. The predicted molar refractivity (Wildman–Crippen MR) is 108 cm³/mol. The lowest BCUT2D eigenvalue weighted by atomic mass is 10.0. The summed E-state index contributed by atoms with van der Waals surface area (Å²) in [4.78, 5) is 0. The summed E-state index contributed by atoms with van der Waals surface area (Å²) in [5.41, 5.74) is 8.64. The summed E-state index contributed by atoms with van der Waals surface area (Å²) in [5, 5.41) is 7.10. The number of nitrogens with one attached hydrogen (secondary N) is 2. The summed E-state index contributed by atoms with van der Waals surface area (Å²) in [6.45, 7) is 8.67. The average Bonchev–Trinajstić information content (AvgIpc) is 2.99. The molecule has 0 aromatic heterocycles. The van der Waals surface area contributed by atoms with Crippen LogP contribution < -0.4 is 10.6 Å². The fourth-order valence-corrected chi connectivity index (χ4v) is 3.61. The van der Waals surface area contributed by atoms with Crippen LogP contribution in [0.3, 0.4) is 0 Å². The predicted octanol–water partition coefficient (Wildman–Crippen LogP) is 5.04. The van der Waals surface area contributed by atoms with E-state index in [4.69, 9.17) is 0 Å². The number of fused-ring (bicyclic) bond motifs is 3. The van der Waals surface area contributed by atoms with Gasteiger partial charge in [0.15, 0.2) is 0 Å². The molecule has 134 valence electrons. The second-order valence-electron chi connectivity index (χ2n) is 7.22. The summed E-state index contributed by atoms with van der Waals surface area (Å²) in [7, 11) is 0. The van der Waals surface area contributed by atoms with E-state index in [9.17, 15) is 0 Å². The first-order valence-electron chi connectivity index (χ1n) is 9.97. The van der Waals surface area contributed by atoms with E-state index in [0.717, 1.165) is 32.6 Å². The second kappa shape index (κ2) is 9.17. The highest BCUT2D eigenvalue weighted by atomic mass is 14.8. The SMILES string of the molecule is CCCCNCc1ccc2c(c1)Cc1cc(CNCCCC)ccc1-2. The third kappa shape index (κ3) is 4.71. The van der Waals surface area contributed by atoms with Crippen LogP contribution in [0.15, 0.2) is 36.4 Å². The summed E-state index contributed by atoms with van der Waals surface area (Å²) in [5.74, 6) is 0. The van der Waals surface area contributed by atoms with Gasteiger partial charge in [0.1, 0.15) is 0 Å². The van der Waals surface area contributed by atoms with Crippen LogP contribution in [0.4, 0.5) is 0 Å². The Kier molecular flexibility index (Phi) is 6.66. The van der Waals surface area contributed by atoms with E-state index < -0.39 is 0 Å². The van der Waals surface area contributed by atoms with Crippen LogP contribution in [0.5, 0.6) is 0 Å². The van der Waals surface area contributed by atoms with Crippen molar-refractivity contribution in [3.63, 3.8) is 0 Å². The molecule has 3 rings (SSSR count). The van der Waals surface area contributed by atoms with Crippen LogP contribution in [-0.2, 0) is 19.5 Å². The van der Waals surface area contributed by atoms with Gasteiger partial charge in [-0.1, -0.05) is 63.1 Å². The minimum absolute atomic E-state index is 0.982. The van der Waals surface area contributed by atoms with E-state index in [-0.39, 0.29) is 0 Å². The molecule has 1 aliphatic carbocycles. The van der Waals surface area contributed by atoms with Crippen LogP contribution in [0.25, 0.3) is 11.1 Å². The molecule has 0 amide bonds. The van der Waals surface area contributed by atoms with Crippen molar-refractivity contribution in [2.45, 2.75) is 59.0 Å². The van der Waals surface area contributed by atoms with Gasteiger partial charge in [0, 0.05) is 13.1 Å². The minimum atomic E-state index is 0.982. The molecular formula is C23H32N2. The van der Waals surface area contributed by atoms with Gasteiger partial charge in [-0.05, 0) is 65.7 Å². The Hall–Kier alpha value is -1.64. The van der Waals surface area contributed by atoms with Crippen molar-refractivity contribution in [2.75, 3.05) is 13.1 Å². The van der Waals surface area contributed by atoms with Crippen LogP contribution in [0, 0.1) is 0 Å². The molecule has 0 saturated heterocycles. The molecule has 2 aromatic carbocycles. The number of hydrogen-bond donors (Lipinski definition) is 2. The molecule has 0 fully saturated rings. The molecule has 0 bridgehead atoms.